The molecule has 0 saturated heterocycles. The Morgan fingerprint density at radius 1 is 1.17 bits per heavy atom. The number of rotatable bonds is 6. The van der Waals surface area contributed by atoms with Crippen LogP contribution >= 0.6 is 0 Å². The van der Waals surface area contributed by atoms with Crippen LogP contribution < -0.4 is 10.7 Å². The second kappa shape index (κ2) is 8.43. The van der Waals surface area contributed by atoms with Crippen molar-refractivity contribution in [3.63, 3.8) is 0 Å². The van der Waals surface area contributed by atoms with Gasteiger partial charge in [-0.25, -0.2) is 5.43 Å². The topological polar surface area (TPSA) is 83.5 Å². The van der Waals surface area contributed by atoms with Crippen LogP contribution in [0.5, 0.6) is 0 Å². The molecule has 2 amide bonds. The number of pyridine rings is 1. The van der Waals surface area contributed by atoms with Crippen molar-refractivity contribution >= 4 is 23.7 Å². The summed E-state index contributed by atoms with van der Waals surface area (Å²) in [6.45, 7) is 1.94. The Bertz CT molecular complexity index is 681. The van der Waals surface area contributed by atoms with Crippen LogP contribution in [0.4, 0.5) is 5.69 Å². The highest BCUT2D eigenvalue weighted by atomic mass is 16.2. The van der Waals surface area contributed by atoms with Crippen LogP contribution in [0.2, 0.25) is 0 Å². The van der Waals surface area contributed by atoms with Gasteiger partial charge in [0.25, 0.3) is 5.91 Å². The highest BCUT2D eigenvalue weighted by Crippen LogP contribution is 2.10. The van der Waals surface area contributed by atoms with Crippen LogP contribution in [0, 0.1) is 0 Å². The molecule has 1 aromatic carbocycles. The van der Waals surface area contributed by atoms with E-state index in [9.17, 15) is 9.59 Å². The molecule has 0 aliphatic carbocycles. The largest absolute Gasteiger partial charge is 0.326 e. The highest BCUT2D eigenvalue weighted by molar-refractivity contribution is 5.96. The zero-order chi connectivity index (χ0) is 16.5. The Morgan fingerprint density at radius 3 is 2.61 bits per heavy atom. The van der Waals surface area contributed by atoms with E-state index in [0.717, 1.165) is 6.42 Å². The maximum absolute atomic E-state index is 11.9. The normalized spacial score (nSPS) is 10.5. The van der Waals surface area contributed by atoms with Gasteiger partial charge in [0.1, 0.15) is 0 Å². The van der Waals surface area contributed by atoms with Crippen LogP contribution in [0.25, 0.3) is 0 Å². The van der Waals surface area contributed by atoms with Crippen LogP contribution in [0.15, 0.2) is 53.8 Å². The molecule has 2 N–H and O–H groups in total. The molecule has 1 aromatic heterocycles. The Morgan fingerprint density at radius 2 is 1.96 bits per heavy atom. The number of hydrazone groups is 1. The molecule has 0 spiro atoms. The summed E-state index contributed by atoms with van der Waals surface area (Å²) in [6, 6.07) is 12.1. The molecular formula is C17H18N4O2. The lowest BCUT2D eigenvalue weighted by molar-refractivity contribution is -0.116. The van der Waals surface area contributed by atoms with Crippen molar-refractivity contribution in [2.75, 3.05) is 5.32 Å². The maximum Gasteiger partial charge on any atom is 0.271 e. The van der Waals surface area contributed by atoms with Gasteiger partial charge in [0.2, 0.25) is 5.91 Å². The summed E-state index contributed by atoms with van der Waals surface area (Å²) in [5.41, 5.74) is 4.20. The summed E-state index contributed by atoms with van der Waals surface area (Å²) < 4.78 is 0. The van der Waals surface area contributed by atoms with Crippen molar-refractivity contribution in [3.8, 4) is 0 Å². The molecule has 6 nitrogen and oxygen atoms in total. The molecule has 0 unspecified atom stereocenters. The van der Waals surface area contributed by atoms with Gasteiger partial charge in [-0.1, -0.05) is 13.0 Å². The molecule has 1 heterocycles. The van der Waals surface area contributed by atoms with Gasteiger partial charge in [-0.05, 0) is 42.8 Å². The average Bonchev–Trinajstić information content (AvgIpc) is 2.56. The van der Waals surface area contributed by atoms with E-state index in [4.69, 9.17) is 0 Å². The van der Waals surface area contributed by atoms with Crippen LogP contribution in [0.1, 0.15) is 35.8 Å². The Kier molecular flexibility index (Phi) is 5.99. The third kappa shape index (κ3) is 5.35. The molecular weight excluding hydrogens is 292 g/mol. The quantitative estimate of drug-likeness (QED) is 0.635. The number of anilines is 1. The number of aromatic nitrogens is 1. The summed E-state index contributed by atoms with van der Waals surface area (Å²) in [5.74, 6) is -0.367. The van der Waals surface area contributed by atoms with E-state index in [0.29, 0.717) is 23.4 Å². The molecule has 0 atom stereocenters. The second-order valence-corrected chi connectivity index (χ2v) is 4.83. The Hall–Kier alpha value is -3.02. The summed E-state index contributed by atoms with van der Waals surface area (Å²) >= 11 is 0. The van der Waals surface area contributed by atoms with Crippen molar-refractivity contribution in [1.29, 1.82) is 0 Å². The molecule has 2 aromatic rings. The third-order valence-corrected chi connectivity index (χ3v) is 2.96. The van der Waals surface area contributed by atoms with Crippen molar-refractivity contribution in [2.24, 2.45) is 5.10 Å². The minimum Gasteiger partial charge on any atom is -0.326 e. The van der Waals surface area contributed by atoms with Crippen LogP contribution in [-0.2, 0) is 4.79 Å². The van der Waals surface area contributed by atoms with Crippen LogP contribution in [-0.4, -0.2) is 23.0 Å². The van der Waals surface area contributed by atoms with E-state index >= 15 is 0 Å². The second-order valence-electron chi connectivity index (χ2n) is 4.83. The van der Waals surface area contributed by atoms with Crippen molar-refractivity contribution in [2.45, 2.75) is 19.8 Å². The molecule has 6 heteroatoms. The van der Waals surface area contributed by atoms with Crippen LogP contribution in [0.3, 0.4) is 0 Å². The lowest BCUT2D eigenvalue weighted by atomic mass is 10.2. The fourth-order valence-corrected chi connectivity index (χ4v) is 1.83. The van der Waals surface area contributed by atoms with Crippen molar-refractivity contribution in [3.05, 3.63) is 59.9 Å². The SMILES string of the molecule is CCCC(=O)Nc1ccc(C(=O)NN=Cc2ccccn2)cc1. The average molecular weight is 310 g/mol. The molecule has 0 aliphatic rings. The van der Waals surface area contributed by atoms with E-state index in [1.54, 1.807) is 42.6 Å². The molecule has 0 aliphatic heterocycles. The third-order valence-electron chi connectivity index (χ3n) is 2.96. The molecule has 0 bridgehead atoms. The predicted octanol–water partition coefficient (Wildman–Crippen LogP) is 2.58. The smallest absolute Gasteiger partial charge is 0.271 e. The lowest BCUT2D eigenvalue weighted by Gasteiger charge is -2.05. The van der Waals surface area contributed by atoms with Crippen molar-refractivity contribution < 1.29 is 9.59 Å². The number of carbonyl (C=O) groups excluding carboxylic acids is 2. The first-order valence-corrected chi connectivity index (χ1v) is 7.33. The molecule has 23 heavy (non-hydrogen) atoms. The number of carbonyl (C=O) groups is 2. The minimum absolute atomic E-state index is 0.0373. The first-order valence-electron chi connectivity index (χ1n) is 7.33. The monoisotopic (exact) mass is 310 g/mol. The Labute approximate surface area is 134 Å². The van der Waals surface area contributed by atoms with E-state index in [2.05, 4.69) is 20.8 Å². The Balaban J connectivity index is 1.90. The number of amides is 2. The number of benzene rings is 1. The number of hydrogen-bond donors (Lipinski definition) is 2. The van der Waals surface area contributed by atoms with Gasteiger partial charge in [0, 0.05) is 23.9 Å². The van der Waals surface area contributed by atoms with Gasteiger partial charge in [0.15, 0.2) is 0 Å². The minimum atomic E-state index is -0.330. The van der Waals surface area contributed by atoms with E-state index in [-0.39, 0.29) is 11.8 Å². The zero-order valence-electron chi connectivity index (χ0n) is 12.8. The van der Waals surface area contributed by atoms with Gasteiger partial charge in [-0.2, -0.15) is 5.10 Å². The predicted molar refractivity (Wildman–Crippen MR) is 89.3 cm³/mol. The number of nitrogens with zero attached hydrogens (tertiary/aromatic N) is 2. The first-order chi connectivity index (χ1) is 11.2. The highest BCUT2D eigenvalue weighted by Gasteiger charge is 2.05. The number of nitrogens with one attached hydrogen (secondary N) is 2. The molecule has 2 rings (SSSR count). The summed E-state index contributed by atoms with van der Waals surface area (Å²) in [4.78, 5) is 27.5. The molecule has 0 saturated carbocycles. The standard InChI is InChI=1S/C17H18N4O2/c1-2-5-16(22)20-14-9-7-13(8-10-14)17(23)21-19-12-15-6-3-4-11-18-15/h3-4,6-12H,2,5H2,1H3,(H,20,22)(H,21,23). The van der Waals surface area contributed by atoms with Gasteiger partial charge in [-0.15, -0.1) is 0 Å². The van der Waals surface area contributed by atoms with Gasteiger partial charge in [0.05, 0.1) is 11.9 Å². The fourth-order valence-electron chi connectivity index (χ4n) is 1.83. The van der Waals surface area contributed by atoms with E-state index < -0.39 is 0 Å². The summed E-state index contributed by atoms with van der Waals surface area (Å²) in [6.07, 6.45) is 4.39. The molecule has 0 radical (unpaired) electrons. The summed E-state index contributed by atoms with van der Waals surface area (Å²) in [5, 5.41) is 6.62. The van der Waals surface area contributed by atoms with E-state index in [1.165, 1.54) is 6.21 Å². The van der Waals surface area contributed by atoms with Gasteiger partial charge in [-0.3, -0.25) is 14.6 Å². The lowest BCUT2D eigenvalue weighted by Crippen LogP contribution is -2.18. The molecule has 118 valence electrons. The van der Waals surface area contributed by atoms with Gasteiger partial charge < -0.3 is 5.32 Å². The fraction of sp³-hybridized carbons (Fsp3) is 0.176. The number of hydrogen-bond acceptors (Lipinski definition) is 4. The zero-order valence-corrected chi connectivity index (χ0v) is 12.8. The summed E-state index contributed by atoms with van der Waals surface area (Å²) in [7, 11) is 0. The van der Waals surface area contributed by atoms with Gasteiger partial charge >= 0.3 is 0 Å². The first kappa shape index (κ1) is 16.4. The molecule has 0 fully saturated rings. The van der Waals surface area contributed by atoms with E-state index in [1.807, 2.05) is 13.0 Å². The van der Waals surface area contributed by atoms with Crippen molar-refractivity contribution in [1.82, 2.24) is 10.4 Å². The maximum atomic E-state index is 11.9.